The number of primary amides is 1. The molecule has 19 nitrogen and oxygen atoms in total. The fourth-order valence-electron chi connectivity index (χ4n) is 6.19. The molecule has 64 heavy (non-hydrogen) atoms. The van der Waals surface area contributed by atoms with Crippen molar-refractivity contribution in [2.24, 2.45) is 17.4 Å². The summed E-state index contributed by atoms with van der Waals surface area (Å²) in [6.07, 6.45) is 1.19. The predicted molar refractivity (Wildman–Crippen MR) is 246 cm³/mol. The van der Waals surface area contributed by atoms with Gasteiger partial charge in [0.1, 0.15) is 25.3 Å². The largest absolute Gasteiger partial charge is 0.447 e. The third-order valence-electron chi connectivity index (χ3n) is 10.3. The zero-order valence-corrected chi connectivity index (χ0v) is 38.9. The minimum atomic E-state index is -0.993. The molecule has 0 saturated heterocycles. The lowest BCUT2D eigenvalue weighted by atomic mass is 10.0. The number of likely N-dealkylation sites (N-methyl/N-ethyl adjacent to an activating group) is 3. The number of anilines is 1. The van der Waals surface area contributed by atoms with E-state index in [0.29, 0.717) is 63.4 Å². The summed E-state index contributed by atoms with van der Waals surface area (Å²) in [6, 6.07) is 14.0. The number of hydrogen-bond acceptors (Lipinski definition) is 12. The van der Waals surface area contributed by atoms with E-state index in [-0.39, 0.29) is 57.1 Å². The molecule has 0 aromatic heterocycles. The SMILES string of the molecule is CC(C)[C@@H](NC(=O)CCCc1ccccc1)C(=O)N[C@H](CCCNC(N)=O)C(=O)Nc1ccc(COC(=O)N(C)CCN(CCOCCOC(=O)N(C)CCN(C)C)C(C)CN)cc1. The van der Waals surface area contributed by atoms with Crippen LogP contribution in [0.1, 0.15) is 57.6 Å². The first-order chi connectivity index (χ1) is 30.5. The summed E-state index contributed by atoms with van der Waals surface area (Å²) in [5.74, 6) is -1.51. The normalized spacial score (nSPS) is 12.5. The molecule has 358 valence electrons. The molecule has 7 amide bonds. The number of nitrogens with zero attached hydrogens (tertiary/aromatic N) is 4. The molecule has 2 aromatic rings. The van der Waals surface area contributed by atoms with Crippen LogP contribution in [0.15, 0.2) is 54.6 Å². The van der Waals surface area contributed by atoms with Crippen molar-refractivity contribution in [2.45, 2.75) is 77.6 Å². The summed E-state index contributed by atoms with van der Waals surface area (Å²) in [7, 11) is 7.21. The van der Waals surface area contributed by atoms with Crippen molar-refractivity contribution in [3.8, 4) is 0 Å². The van der Waals surface area contributed by atoms with Crippen LogP contribution in [0.4, 0.5) is 20.1 Å². The topological polar surface area (TPSA) is 243 Å². The first kappa shape index (κ1) is 54.6. The van der Waals surface area contributed by atoms with E-state index in [2.05, 4.69) is 26.2 Å². The number of benzene rings is 2. The summed E-state index contributed by atoms with van der Waals surface area (Å²) in [6.45, 7) is 9.77. The van der Waals surface area contributed by atoms with Crippen LogP contribution in [0.5, 0.6) is 0 Å². The highest BCUT2D eigenvalue weighted by Crippen LogP contribution is 2.14. The lowest BCUT2D eigenvalue weighted by Gasteiger charge is -2.30. The van der Waals surface area contributed by atoms with Crippen molar-refractivity contribution in [3.05, 3.63) is 65.7 Å². The smallest absolute Gasteiger partial charge is 0.409 e. The number of ether oxygens (including phenoxy) is 3. The third kappa shape index (κ3) is 22.7. The molecule has 0 heterocycles. The number of rotatable bonds is 30. The second kappa shape index (κ2) is 30.6. The molecule has 0 spiro atoms. The van der Waals surface area contributed by atoms with E-state index in [0.717, 1.165) is 18.5 Å². The van der Waals surface area contributed by atoms with Crippen LogP contribution >= 0.6 is 0 Å². The van der Waals surface area contributed by atoms with Gasteiger partial charge in [0.2, 0.25) is 17.7 Å². The minimum absolute atomic E-state index is 0.00964. The molecule has 19 heteroatoms. The van der Waals surface area contributed by atoms with E-state index in [9.17, 15) is 28.8 Å². The van der Waals surface area contributed by atoms with E-state index in [4.69, 9.17) is 25.7 Å². The van der Waals surface area contributed by atoms with Crippen molar-refractivity contribution in [1.82, 2.24) is 35.6 Å². The van der Waals surface area contributed by atoms with Crippen LogP contribution in [0.2, 0.25) is 0 Å². The second-order valence-electron chi connectivity index (χ2n) is 16.4. The maximum atomic E-state index is 13.6. The van der Waals surface area contributed by atoms with Crippen molar-refractivity contribution in [3.63, 3.8) is 0 Å². The van der Waals surface area contributed by atoms with Crippen LogP contribution in [0.25, 0.3) is 0 Å². The van der Waals surface area contributed by atoms with Crippen LogP contribution in [0, 0.1) is 5.92 Å². The Morgan fingerprint density at radius 3 is 1.98 bits per heavy atom. The molecule has 0 aliphatic carbocycles. The summed E-state index contributed by atoms with van der Waals surface area (Å²) < 4.78 is 16.5. The fourth-order valence-corrected chi connectivity index (χ4v) is 6.19. The molecule has 2 aromatic carbocycles. The number of carbonyl (C=O) groups is 6. The van der Waals surface area contributed by atoms with Crippen molar-refractivity contribution >= 4 is 41.6 Å². The Morgan fingerprint density at radius 1 is 0.703 bits per heavy atom. The monoisotopic (exact) mass is 899 g/mol. The van der Waals surface area contributed by atoms with Crippen LogP contribution in [0.3, 0.4) is 0 Å². The van der Waals surface area contributed by atoms with Gasteiger partial charge in [-0.15, -0.1) is 0 Å². The summed E-state index contributed by atoms with van der Waals surface area (Å²) in [4.78, 5) is 83.3. The Hall–Kier alpha value is -5.50. The van der Waals surface area contributed by atoms with Gasteiger partial charge in [-0.3, -0.25) is 19.3 Å². The highest BCUT2D eigenvalue weighted by molar-refractivity contribution is 5.98. The number of carbonyl (C=O) groups excluding carboxylic acids is 6. The van der Waals surface area contributed by atoms with E-state index >= 15 is 0 Å². The lowest BCUT2D eigenvalue weighted by molar-refractivity contribution is -0.132. The quantitative estimate of drug-likeness (QED) is 0.0621. The molecular formula is C45H74N10O9. The zero-order valence-electron chi connectivity index (χ0n) is 38.9. The number of nitrogens with two attached hydrogens (primary N) is 2. The van der Waals surface area contributed by atoms with Crippen molar-refractivity contribution in [1.29, 1.82) is 0 Å². The average molecular weight is 899 g/mol. The number of aryl methyl sites for hydroxylation is 1. The average Bonchev–Trinajstić information content (AvgIpc) is 3.26. The fraction of sp³-hybridized carbons (Fsp3) is 0.600. The summed E-state index contributed by atoms with van der Waals surface area (Å²) in [5.41, 5.74) is 13.4. The maximum absolute atomic E-state index is 13.6. The Balaban J connectivity index is 1.88. The van der Waals surface area contributed by atoms with Gasteiger partial charge in [0.05, 0.1) is 13.2 Å². The van der Waals surface area contributed by atoms with E-state index < -0.39 is 42.1 Å². The Bertz CT molecular complexity index is 1700. The standard InChI is InChI=1S/C45H74N10O9/c1-33(2)40(51-39(56)17-11-15-35-13-9-8-10-14-35)42(58)50-38(16-12-22-48-43(47)59)41(57)49-37-20-18-36(19-21-37)32-64-45(61)54(7)25-26-55(34(3)31-46)27-28-62-29-30-63-44(60)53(6)24-23-52(4)5/h8-10,13-14,18-21,33-34,38,40H,11-12,15-17,22-32,46H2,1-7H3,(H,49,57)(H,50,58)(H,51,56)(H3,47,48,59)/t34?,38-,40-/m1/s1. The number of nitrogens with one attached hydrogen (secondary N) is 4. The number of hydrogen-bond donors (Lipinski definition) is 6. The Morgan fingerprint density at radius 2 is 1.36 bits per heavy atom. The van der Waals surface area contributed by atoms with E-state index in [1.165, 1.54) is 9.80 Å². The minimum Gasteiger partial charge on any atom is -0.447 e. The molecule has 0 saturated carbocycles. The molecule has 0 aliphatic heterocycles. The van der Waals surface area contributed by atoms with Gasteiger partial charge in [0.15, 0.2) is 0 Å². The van der Waals surface area contributed by atoms with Crippen molar-refractivity contribution < 1.29 is 43.0 Å². The second-order valence-corrected chi connectivity index (χ2v) is 16.4. The highest BCUT2D eigenvalue weighted by Gasteiger charge is 2.29. The first-order valence-corrected chi connectivity index (χ1v) is 22.0. The molecular weight excluding hydrogens is 825 g/mol. The molecule has 1 unspecified atom stereocenters. The Labute approximate surface area is 379 Å². The van der Waals surface area contributed by atoms with Gasteiger partial charge >= 0.3 is 18.2 Å². The zero-order chi connectivity index (χ0) is 47.4. The number of amides is 7. The molecule has 8 N–H and O–H groups in total. The number of urea groups is 1. The van der Waals surface area contributed by atoms with E-state index in [1.54, 1.807) is 38.4 Å². The lowest BCUT2D eigenvalue weighted by Crippen LogP contribution is -2.54. The predicted octanol–water partition coefficient (Wildman–Crippen LogP) is 2.59. The molecule has 0 bridgehead atoms. The van der Waals surface area contributed by atoms with Gasteiger partial charge in [0, 0.05) is 78.1 Å². The van der Waals surface area contributed by atoms with Crippen LogP contribution in [-0.4, -0.2) is 167 Å². The van der Waals surface area contributed by atoms with E-state index in [1.807, 2.05) is 70.1 Å². The molecule has 0 radical (unpaired) electrons. The Kier molecular flexibility index (Phi) is 26.1. The van der Waals surface area contributed by atoms with Gasteiger partial charge in [0.25, 0.3) is 0 Å². The first-order valence-electron chi connectivity index (χ1n) is 22.0. The van der Waals surface area contributed by atoms with Crippen LogP contribution in [-0.2, 0) is 41.6 Å². The van der Waals surface area contributed by atoms with Gasteiger partial charge in [-0.2, -0.15) is 0 Å². The molecule has 0 fully saturated rings. The van der Waals surface area contributed by atoms with Crippen molar-refractivity contribution in [2.75, 3.05) is 99.1 Å². The van der Waals surface area contributed by atoms with Gasteiger partial charge < -0.3 is 61.6 Å². The highest BCUT2D eigenvalue weighted by atomic mass is 16.6. The third-order valence-corrected chi connectivity index (χ3v) is 10.3. The maximum Gasteiger partial charge on any atom is 0.409 e. The molecule has 0 aliphatic rings. The molecule has 3 atom stereocenters. The summed E-state index contributed by atoms with van der Waals surface area (Å²) in [5, 5.41) is 10.9. The van der Waals surface area contributed by atoms with Gasteiger partial charge in [-0.1, -0.05) is 56.3 Å². The van der Waals surface area contributed by atoms with Crippen LogP contribution < -0.4 is 32.7 Å². The van der Waals surface area contributed by atoms with Gasteiger partial charge in [-0.25, -0.2) is 14.4 Å². The van der Waals surface area contributed by atoms with Gasteiger partial charge in [-0.05, 0) is 75.9 Å². The summed E-state index contributed by atoms with van der Waals surface area (Å²) >= 11 is 0. The molecule has 2 rings (SSSR count).